The van der Waals surface area contributed by atoms with Gasteiger partial charge in [-0.2, -0.15) is 4.31 Å². The maximum atomic E-state index is 13.0. The zero-order valence-electron chi connectivity index (χ0n) is 14.7. The van der Waals surface area contributed by atoms with E-state index in [2.05, 4.69) is 10.6 Å². The Labute approximate surface area is 155 Å². The Morgan fingerprint density at radius 2 is 2.07 bits per heavy atom. The summed E-state index contributed by atoms with van der Waals surface area (Å²) in [6.45, 7) is 1.52. The molecule has 0 saturated carbocycles. The van der Waals surface area contributed by atoms with Gasteiger partial charge in [0, 0.05) is 12.1 Å². The third-order valence-electron chi connectivity index (χ3n) is 4.85. The molecule has 2 aliphatic rings. The molecule has 10 nitrogen and oxygen atoms in total. The number of carboxylic acids is 1. The van der Waals surface area contributed by atoms with Gasteiger partial charge in [0.05, 0.1) is 12.0 Å². The Morgan fingerprint density at radius 1 is 1.37 bits per heavy atom. The predicted octanol–water partition coefficient (Wildman–Crippen LogP) is -0.0125. The fourth-order valence-corrected chi connectivity index (χ4v) is 5.06. The van der Waals surface area contributed by atoms with Crippen LogP contribution in [0, 0.1) is 0 Å². The lowest BCUT2D eigenvalue weighted by molar-refractivity contribution is -0.140. The number of benzene rings is 1. The number of carbonyl (C=O) groups excluding carboxylic acids is 2. The average Bonchev–Trinajstić information content (AvgIpc) is 3.20. The summed E-state index contributed by atoms with van der Waals surface area (Å²) >= 11 is 0. The van der Waals surface area contributed by atoms with Crippen LogP contribution in [-0.2, 0) is 25.2 Å². The fraction of sp³-hybridized carbons (Fsp3) is 0.438. The summed E-state index contributed by atoms with van der Waals surface area (Å²) in [5, 5.41) is 13.9. The first-order valence-electron chi connectivity index (χ1n) is 8.18. The largest absolute Gasteiger partial charge is 0.496 e. The van der Waals surface area contributed by atoms with E-state index in [1.54, 1.807) is 0 Å². The molecule has 1 aromatic carbocycles. The molecular formula is C16H19N3O7S. The minimum atomic E-state index is -4.12. The van der Waals surface area contributed by atoms with Crippen molar-refractivity contribution in [3.8, 4) is 5.75 Å². The number of hydrogen-bond acceptors (Lipinski definition) is 6. The van der Waals surface area contributed by atoms with Gasteiger partial charge in [0.1, 0.15) is 17.3 Å². The molecule has 3 rings (SSSR count). The number of hydrogen-bond donors (Lipinski definition) is 3. The van der Waals surface area contributed by atoms with Gasteiger partial charge in [-0.25, -0.2) is 13.2 Å². The van der Waals surface area contributed by atoms with E-state index in [1.807, 2.05) is 0 Å². The molecule has 2 heterocycles. The van der Waals surface area contributed by atoms with E-state index in [-0.39, 0.29) is 29.2 Å². The third-order valence-corrected chi connectivity index (χ3v) is 6.75. The number of sulfonamides is 1. The van der Waals surface area contributed by atoms with E-state index in [9.17, 15) is 27.9 Å². The van der Waals surface area contributed by atoms with Gasteiger partial charge < -0.3 is 15.2 Å². The molecule has 0 aliphatic carbocycles. The summed E-state index contributed by atoms with van der Waals surface area (Å²) in [5.41, 5.74) is -1.37. The van der Waals surface area contributed by atoms with E-state index in [0.29, 0.717) is 6.42 Å². The molecule has 0 radical (unpaired) electrons. The van der Waals surface area contributed by atoms with Crippen LogP contribution in [0.2, 0.25) is 0 Å². The highest BCUT2D eigenvalue weighted by Gasteiger charge is 2.46. The lowest BCUT2D eigenvalue weighted by Crippen LogP contribution is -2.42. The van der Waals surface area contributed by atoms with Gasteiger partial charge in [-0.3, -0.25) is 14.9 Å². The van der Waals surface area contributed by atoms with E-state index in [4.69, 9.17) is 4.74 Å². The second-order valence-electron chi connectivity index (χ2n) is 6.51. The number of methoxy groups -OCH3 is 1. The van der Waals surface area contributed by atoms with Crippen molar-refractivity contribution < 1.29 is 32.6 Å². The van der Waals surface area contributed by atoms with Gasteiger partial charge in [-0.05, 0) is 38.0 Å². The van der Waals surface area contributed by atoms with E-state index >= 15 is 0 Å². The normalized spacial score (nSPS) is 25.9. The highest BCUT2D eigenvalue weighted by Crippen LogP contribution is 2.36. The highest BCUT2D eigenvalue weighted by molar-refractivity contribution is 7.89. The van der Waals surface area contributed by atoms with Crippen LogP contribution in [0.15, 0.2) is 23.1 Å². The lowest BCUT2D eigenvalue weighted by atomic mass is 9.91. The molecule has 2 saturated heterocycles. The summed E-state index contributed by atoms with van der Waals surface area (Å²) in [6, 6.07) is 2.05. The number of imide groups is 1. The first-order valence-corrected chi connectivity index (χ1v) is 9.62. The Kier molecular flexibility index (Phi) is 4.60. The fourth-order valence-electron chi connectivity index (χ4n) is 3.38. The standard InChI is InChI=1S/C16H19N3O7S/c1-16(14(22)17-15(23)18-16)10-8-9(5-6-12(10)26-2)27(24,25)19-7-3-4-11(19)13(20)21/h5-6,8,11H,3-4,7H2,1-2H3,(H,20,21)(H2,17,18,22,23)/t11-,16?/m0/s1. The van der Waals surface area contributed by atoms with Gasteiger partial charge in [0.15, 0.2) is 0 Å². The number of aliphatic carboxylic acids is 1. The van der Waals surface area contributed by atoms with Gasteiger partial charge in [0.25, 0.3) is 5.91 Å². The van der Waals surface area contributed by atoms with Crippen molar-refractivity contribution in [2.45, 2.75) is 36.2 Å². The van der Waals surface area contributed by atoms with Gasteiger partial charge >= 0.3 is 12.0 Å². The van der Waals surface area contributed by atoms with Crippen LogP contribution >= 0.6 is 0 Å². The second kappa shape index (κ2) is 6.50. The number of rotatable bonds is 5. The number of ether oxygens (including phenoxy) is 1. The molecule has 3 N–H and O–H groups in total. The first-order chi connectivity index (χ1) is 12.6. The van der Waals surface area contributed by atoms with Crippen molar-refractivity contribution in [1.29, 1.82) is 0 Å². The number of urea groups is 1. The maximum absolute atomic E-state index is 13.0. The number of carbonyl (C=O) groups is 3. The van der Waals surface area contributed by atoms with Crippen molar-refractivity contribution in [3.63, 3.8) is 0 Å². The average molecular weight is 397 g/mol. The zero-order chi connectivity index (χ0) is 20.0. The molecular weight excluding hydrogens is 378 g/mol. The molecule has 146 valence electrons. The SMILES string of the molecule is COc1ccc(S(=O)(=O)N2CCC[C@H]2C(=O)O)cc1C1(C)NC(=O)NC1=O. The molecule has 27 heavy (non-hydrogen) atoms. The minimum Gasteiger partial charge on any atom is -0.496 e. The summed E-state index contributed by atoms with van der Waals surface area (Å²) in [5.74, 6) is -1.64. The van der Waals surface area contributed by atoms with Crippen molar-refractivity contribution in [1.82, 2.24) is 14.9 Å². The first kappa shape index (κ1) is 19.1. The summed E-state index contributed by atoms with van der Waals surface area (Å²) in [4.78, 5) is 35.0. The zero-order valence-corrected chi connectivity index (χ0v) is 15.5. The van der Waals surface area contributed by atoms with Crippen LogP contribution in [0.1, 0.15) is 25.3 Å². The van der Waals surface area contributed by atoms with Crippen molar-refractivity contribution >= 4 is 27.9 Å². The number of nitrogens with zero attached hydrogens (tertiary/aromatic N) is 1. The quantitative estimate of drug-likeness (QED) is 0.593. The van der Waals surface area contributed by atoms with E-state index in [0.717, 1.165) is 4.31 Å². The van der Waals surface area contributed by atoms with Crippen molar-refractivity contribution in [2.24, 2.45) is 0 Å². The summed E-state index contributed by atoms with van der Waals surface area (Å²) in [6.07, 6.45) is 0.670. The molecule has 1 unspecified atom stereocenters. The summed E-state index contributed by atoms with van der Waals surface area (Å²) < 4.78 is 32.2. The summed E-state index contributed by atoms with van der Waals surface area (Å²) in [7, 11) is -2.76. The number of amides is 3. The highest BCUT2D eigenvalue weighted by atomic mass is 32.2. The topological polar surface area (TPSA) is 142 Å². The minimum absolute atomic E-state index is 0.0924. The molecule has 0 aromatic heterocycles. The number of nitrogens with one attached hydrogen (secondary N) is 2. The van der Waals surface area contributed by atoms with Crippen LogP contribution < -0.4 is 15.4 Å². The van der Waals surface area contributed by atoms with E-state index < -0.39 is 39.5 Å². The van der Waals surface area contributed by atoms with Crippen molar-refractivity contribution in [2.75, 3.05) is 13.7 Å². The maximum Gasteiger partial charge on any atom is 0.322 e. The smallest absolute Gasteiger partial charge is 0.322 e. The molecule has 0 bridgehead atoms. The van der Waals surface area contributed by atoms with E-state index in [1.165, 1.54) is 32.2 Å². The third kappa shape index (κ3) is 3.02. The Balaban J connectivity index is 2.09. The van der Waals surface area contributed by atoms with Crippen LogP contribution in [0.4, 0.5) is 4.79 Å². The molecule has 2 atom stereocenters. The van der Waals surface area contributed by atoms with Crippen LogP contribution in [0.25, 0.3) is 0 Å². The molecule has 0 spiro atoms. The van der Waals surface area contributed by atoms with Crippen LogP contribution in [-0.4, -0.2) is 55.4 Å². The Morgan fingerprint density at radius 3 is 2.63 bits per heavy atom. The van der Waals surface area contributed by atoms with Gasteiger partial charge in [-0.15, -0.1) is 0 Å². The second-order valence-corrected chi connectivity index (χ2v) is 8.40. The molecule has 3 amide bonds. The van der Waals surface area contributed by atoms with Gasteiger partial charge in [0.2, 0.25) is 10.0 Å². The Hall–Kier alpha value is -2.66. The monoisotopic (exact) mass is 397 g/mol. The lowest BCUT2D eigenvalue weighted by Gasteiger charge is -2.26. The molecule has 2 fully saturated rings. The van der Waals surface area contributed by atoms with Crippen LogP contribution in [0.3, 0.4) is 0 Å². The van der Waals surface area contributed by atoms with Crippen LogP contribution in [0.5, 0.6) is 5.75 Å². The van der Waals surface area contributed by atoms with Crippen molar-refractivity contribution in [3.05, 3.63) is 23.8 Å². The molecule has 11 heteroatoms. The van der Waals surface area contributed by atoms with Gasteiger partial charge in [-0.1, -0.05) is 0 Å². The number of carboxylic acid groups (broad SMARTS) is 1. The molecule has 1 aromatic rings. The molecule has 2 aliphatic heterocycles. The Bertz CT molecular complexity index is 930. The predicted molar refractivity (Wildman–Crippen MR) is 91.6 cm³/mol.